The Balaban J connectivity index is 1.45. The topological polar surface area (TPSA) is 52.5 Å². The summed E-state index contributed by atoms with van der Waals surface area (Å²) in [6, 6.07) is 17.9. The van der Waals surface area contributed by atoms with Gasteiger partial charge in [-0.1, -0.05) is 30.3 Å². The van der Waals surface area contributed by atoms with Gasteiger partial charge in [-0.3, -0.25) is 4.79 Å². The molecule has 0 radical (unpaired) electrons. The van der Waals surface area contributed by atoms with Crippen LogP contribution in [0, 0.1) is 6.92 Å². The highest BCUT2D eigenvalue weighted by Crippen LogP contribution is 2.32. The summed E-state index contributed by atoms with van der Waals surface area (Å²) in [6.45, 7) is 2.79. The molecular formula is C22H22N2O3. The second kappa shape index (κ2) is 7.58. The van der Waals surface area contributed by atoms with Gasteiger partial charge in [0, 0.05) is 18.9 Å². The van der Waals surface area contributed by atoms with E-state index in [0.717, 1.165) is 22.6 Å². The highest BCUT2D eigenvalue weighted by atomic mass is 16.7. The maximum absolute atomic E-state index is 12.7. The van der Waals surface area contributed by atoms with Crippen molar-refractivity contribution in [2.75, 3.05) is 6.79 Å². The summed E-state index contributed by atoms with van der Waals surface area (Å²) in [7, 11) is 0. The molecule has 27 heavy (non-hydrogen) atoms. The molecule has 0 bridgehead atoms. The molecule has 5 heteroatoms. The minimum atomic E-state index is -0.0297. The first-order valence-corrected chi connectivity index (χ1v) is 9.04. The van der Waals surface area contributed by atoms with Crippen molar-refractivity contribution in [1.82, 2.24) is 9.88 Å². The number of fused-ring (bicyclic) bond motifs is 1. The van der Waals surface area contributed by atoms with Crippen molar-refractivity contribution in [3.05, 3.63) is 83.7 Å². The summed E-state index contributed by atoms with van der Waals surface area (Å²) < 4.78 is 12.8. The Bertz CT molecular complexity index is 934. The number of amides is 1. The number of hydrogen-bond acceptors (Lipinski definition) is 3. The van der Waals surface area contributed by atoms with E-state index in [-0.39, 0.29) is 18.7 Å². The second-order valence-electron chi connectivity index (χ2n) is 6.67. The Labute approximate surface area is 158 Å². The summed E-state index contributed by atoms with van der Waals surface area (Å²) in [4.78, 5) is 12.7. The number of aromatic nitrogens is 1. The number of benzene rings is 2. The standard InChI is InChI=1S/C22H22N2O3/c1-16-6-2-3-7-18(16)19(24-10-4-5-11-24)13-22(25)23-14-17-8-9-20-21(12-17)27-15-26-20/h2-12,19H,13-15H2,1H3,(H,23,25)/t19-/m0/s1. The highest BCUT2D eigenvalue weighted by molar-refractivity contribution is 5.77. The van der Waals surface area contributed by atoms with Gasteiger partial charge in [-0.2, -0.15) is 0 Å². The van der Waals surface area contributed by atoms with E-state index < -0.39 is 0 Å². The zero-order valence-electron chi connectivity index (χ0n) is 15.2. The van der Waals surface area contributed by atoms with Crippen LogP contribution in [0.4, 0.5) is 0 Å². The smallest absolute Gasteiger partial charge is 0.231 e. The lowest BCUT2D eigenvalue weighted by atomic mass is 9.98. The lowest BCUT2D eigenvalue weighted by Gasteiger charge is -2.21. The third kappa shape index (κ3) is 3.82. The molecule has 1 N–H and O–H groups in total. The Morgan fingerprint density at radius 1 is 1.07 bits per heavy atom. The van der Waals surface area contributed by atoms with E-state index in [2.05, 4.69) is 28.9 Å². The highest BCUT2D eigenvalue weighted by Gasteiger charge is 2.19. The minimum absolute atomic E-state index is 0.00891. The van der Waals surface area contributed by atoms with Crippen LogP contribution in [0.15, 0.2) is 67.0 Å². The van der Waals surface area contributed by atoms with E-state index >= 15 is 0 Å². The van der Waals surface area contributed by atoms with Gasteiger partial charge < -0.3 is 19.4 Å². The lowest BCUT2D eigenvalue weighted by Crippen LogP contribution is -2.26. The fraction of sp³-hybridized carbons (Fsp3) is 0.227. The molecule has 5 nitrogen and oxygen atoms in total. The molecule has 0 fully saturated rings. The van der Waals surface area contributed by atoms with E-state index in [4.69, 9.17) is 9.47 Å². The molecule has 138 valence electrons. The van der Waals surface area contributed by atoms with Crippen LogP contribution in [0.5, 0.6) is 11.5 Å². The summed E-state index contributed by atoms with van der Waals surface area (Å²) in [6.07, 6.45) is 4.38. The second-order valence-corrected chi connectivity index (χ2v) is 6.67. The predicted molar refractivity (Wildman–Crippen MR) is 103 cm³/mol. The Hall–Kier alpha value is -3.21. The summed E-state index contributed by atoms with van der Waals surface area (Å²) in [5.74, 6) is 1.48. The number of hydrogen-bond donors (Lipinski definition) is 1. The molecule has 0 saturated carbocycles. The predicted octanol–water partition coefficient (Wildman–Crippen LogP) is 3.82. The van der Waals surface area contributed by atoms with Crippen LogP contribution in [-0.4, -0.2) is 17.3 Å². The molecule has 1 aliphatic rings. The van der Waals surface area contributed by atoms with E-state index in [1.54, 1.807) is 0 Å². The van der Waals surface area contributed by atoms with Gasteiger partial charge in [0.25, 0.3) is 0 Å². The quantitative estimate of drug-likeness (QED) is 0.725. The van der Waals surface area contributed by atoms with Crippen LogP contribution < -0.4 is 14.8 Å². The Morgan fingerprint density at radius 2 is 1.85 bits per heavy atom. The molecule has 0 spiro atoms. The SMILES string of the molecule is Cc1ccccc1[C@H](CC(=O)NCc1ccc2c(c1)OCO2)n1cccc1. The first-order valence-electron chi connectivity index (χ1n) is 9.04. The zero-order chi connectivity index (χ0) is 18.6. The van der Waals surface area contributed by atoms with E-state index in [9.17, 15) is 4.79 Å². The summed E-state index contributed by atoms with van der Waals surface area (Å²) in [5.41, 5.74) is 3.33. The van der Waals surface area contributed by atoms with E-state index in [1.165, 1.54) is 5.56 Å². The molecule has 4 rings (SSSR count). The molecule has 3 aromatic rings. The number of carbonyl (C=O) groups is 1. The number of nitrogens with zero attached hydrogens (tertiary/aromatic N) is 1. The maximum Gasteiger partial charge on any atom is 0.231 e. The molecule has 0 saturated heterocycles. The van der Waals surface area contributed by atoms with Crippen LogP contribution in [0.2, 0.25) is 0 Å². The van der Waals surface area contributed by atoms with Gasteiger partial charge in [0.15, 0.2) is 11.5 Å². The molecule has 1 amide bonds. The first-order chi connectivity index (χ1) is 13.2. The van der Waals surface area contributed by atoms with E-state index in [0.29, 0.717) is 13.0 Å². The molecule has 2 heterocycles. The number of rotatable bonds is 6. The van der Waals surface area contributed by atoms with Gasteiger partial charge in [-0.15, -0.1) is 0 Å². The lowest BCUT2D eigenvalue weighted by molar-refractivity contribution is -0.121. The fourth-order valence-corrected chi connectivity index (χ4v) is 3.39. The molecule has 0 aliphatic carbocycles. The van der Waals surface area contributed by atoms with Crippen molar-refractivity contribution >= 4 is 5.91 Å². The van der Waals surface area contributed by atoms with Crippen LogP contribution in [0.3, 0.4) is 0 Å². The number of aryl methyl sites for hydroxylation is 1. The molecule has 1 aliphatic heterocycles. The largest absolute Gasteiger partial charge is 0.454 e. The first kappa shape index (κ1) is 17.2. The van der Waals surface area contributed by atoms with Gasteiger partial charge >= 0.3 is 0 Å². The van der Waals surface area contributed by atoms with Gasteiger partial charge in [-0.05, 0) is 47.9 Å². The average molecular weight is 362 g/mol. The van der Waals surface area contributed by atoms with Gasteiger partial charge in [0.1, 0.15) is 0 Å². The van der Waals surface area contributed by atoms with Gasteiger partial charge in [0.05, 0.1) is 12.5 Å². The van der Waals surface area contributed by atoms with Crippen molar-refractivity contribution in [2.24, 2.45) is 0 Å². The maximum atomic E-state index is 12.7. The zero-order valence-corrected chi connectivity index (χ0v) is 15.2. The van der Waals surface area contributed by atoms with Crippen LogP contribution >= 0.6 is 0 Å². The minimum Gasteiger partial charge on any atom is -0.454 e. The van der Waals surface area contributed by atoms with Crippen molar-refractivity contribution < 1.29 is 14.3 Å². The van der Waals surface area contributed by atoms with Crippen molar-refractivity contribution in [1.29, 1.82) is 0 Å². The summed E-state index contributed by atoms with van der Waals surface area (Å²) >= 11 is 0. The van der Waals surface area contributed by atoms with Crippen molar-refractivity contribution in [3.63, 3.8) is 0 Å². The normalized spacial score (nSPS) is 13.4. The summed E-state index contributed by atoms with van der Waals surface area (Å²) in [5, 5.41) is 3.02. The average Bonchev–Trinajstić information content (AvgIpc) is 3.36. The van der Waals surface area contributed by atoms with Gasteiger partial charge in [-0.25, -0.2) is 0 Å². The van der Waals surface area contributed by atoms with E-state index in [1.807, 2.05) is 54.9 Å². The Kier molecular flexibility index (Phi) is 4.83. The Morgan fingerprint density at radius 3 is 2.67 bits per heavy atom. The number of nitrogens with one attached hydrogen (secondary N) is 1. The van der Waals surface area contributed by atoms with Crippen LogP contribution in [0.25, 0.3) is 0 Å². The van der Waals surface area contributed by atoms with Crippen LogP contribution in [0.1, 0.15) is 29.2 Å². The third-order valence-electron chi connectivity index (χ3n) is 4.84. The molecular weight excluding hydrogens is 340 g/mol. The monoisotopic (exact) mass is 362 g/mol. The number of carbonyl (C=O) groups excluding carboxylic acids is 1. The molecule has 1 aromatic heterocycles. The molecule has 0 unspecified atom stereocenters. The van der Waals surface area contributed by atoms with Gasteiger partial charge in [0.2, 0.25) is 12.7 Å². The van der Waals surface area contributed by atoms with Crippen molar-refractivity contribution in [2.45, 2.75) is 25.9 Å². The number of ether oxygens (including phenoxy) is 2. The fourth-order valence-electron chi connectivity index (χ4n) is 3.39. The van der Waals surface area contributed by atoms with Crippen molar-refractivity contribution in [3.8, 4) is 11.5 Å². The third-order valence-corrected chi connectivity index (χ3v) is 4.84. The molecule has 1 atom stereocenters. The van der Waals surface area contributed by atoms with Crippen LogP contribution in [-0.2, 0) is 11.3 Å². The molecule has 2 aromatic carbocycles.